The number of aryl methyl sites for hydroxylation is 1. The Morgan fingerprint density at radius 1 is 1.17 bits per heavy atom. The van der Waals surface area contributed by atoms with E-state index in [1.165, 1.54) is 6.08 Å². The molecule has 1 aromatic carbocycles. The Labute approximate surface area is 212 Å². The summed E-state index contributed by atoms with van der Waals surface area (Å²) in [7, 11) is 1.94. The van der Waals surface area contributed by atoms with Crippen LogP contribution in [-0.2, 0) is 13.6 Å². The van der Waals surface area contributed by atoms with E-state index < -0.39 is 5.83 Å². The molecule has 0 aliphatic carbocycles. The molecule has 3 heterocycles. The van der Waals surface area contributed by atoms with E-state index in [4.69, 9.17) is 11.6 Å². The predicted octanol–water partition coefficient (Wildman–Crippen LogP) is 4.53. The van der Waals surface area contributed by atoms with Gasteiger partial charge in [-0.15, -0.1) is 0 Å². The molecular weight excluding hydrogens is 465 g/mol. The Kier molecular flexibility index (Phi) is 7.87. The number of aromatic nitrogens is 1. The van der Waals surface area contributed by atoms with Crippen molar-refractivity contribution in [3.05, 3.63) is 77.0 Å². The first-order chi connectivity index (χ1) is 16.7. The number of nitrogens with zero attached hydrogens (tertiary/aromatic N) is 5. The van der Waals surface area contributed by atoms with Crippen LogP contribution in [0.25, 0.3) is 0 Å². The van der Waals surface area contributed by atoms with Crippen molar-refractivity contribution in [1.29, 1.82) is 0 Å². The van der Waals surface area contributed by atoms with E-state index in [1.54, 1.807) is 0 Å². The monoisotopic (exact) mass is 499 g/mol. The molecule has 0 bridgehead atoms. The van der Waals surface area contributed by atoms with E-state index in [0.717, 1.165) is 54.7 Å². The molecule has 0 radical (unpaired) electrons. The topological polar surface area (TPSA) is 35.0 Å². The van der Waals surface area contributed by atoms with Crippen molar-refractivity contribution in [3.63, 3.8) is 0 Å². The number of carbonyl (C=O) groups excluding carboxylic acids is 1. The van der Waals surface area contributed by atoms with E-state index in [2.05, 4.69) is 33.5 Å². The molecule has 2 saturated heterocycles. The maximum Gasteiger partial charge on any atom is 0.270 e. The molecule has 35 heavy (non-hydrogen) atoms. The molecule has 188 valence electrons. The van der Waals surface area contributed by atoms with Crippen LogP contribution in [0.1, 0.15) is 29.9 Å². The molecule has 2 aliphatic heterocycles. The van der Waals surface area contributed by atoms with Gasteiger partial charge in [0.25, 0.3) is 5.91 Å². The third-order valence-corrected chi connectivity index (χ3v) is 7.32. The Morgan fingerprint density at radius 2 is 1.89 bits per heavy atom. The lowest BCUT2D eigenvalue weighted by molar-refractivity contribution is 0.0533. The minimum absolute atomic E-state index is 0.0312. The van der Waals surface area contributed by atoms with Crippen LogP contribution in [0.3, 0.4) is 0 Å². The average molecular weight is 500 g/mol. The highest BCUT2D eigenvalue weighted by Crippen LogP contribution is 2.26. The molecule has 4 rings (SSSR count). The molecule has 1 aromatic heterocycles. The Morgan fingerprint density at radius 3 is 2.54 bits per heavy atom. The number of para-hydroxylation sites is 1. The predicted molar refractivity (Wildman–Crippen MR) is 140 cm³/mol. The molecule has 1 amide bonds. The van der Waals surface area contributed by atoms with E-state index in [0.29, 0.717) is 25.3 Å². The molecule has 0 saturated carbocycles. The first-order valence-corrected chi connectivity index (χ1v) is 12.6. The van der Waals surface area contributed by atoms with E-state index in [-0.39, 0.29) is 11.9 Å². The van der Waals surface area contributed by atoms with Gasteiger partial charge in [0.1, 0.15) is 11.5 Å². The SMILES string of the molecule is C=C(F)/C=C(\C)N1CCN(C(=O)c2cc(CN3CCN(c4ccccc4Cl)CC3)cn2C)[C@@H](C)C1. The number of piperazine rings is 2. The number of hydrogen-bond acceptors (Lipinski definition) is 4. The number of amides is 1. The summed E-state index contributed by atoms with van der Waals surface area (Å²) in [6.45, 7) is 13.8. The molecule has 0 unspecified atom stereocenters. The summed E-state index contributed by atoms with van der Waals surface area (Å²) < 4.78 is 15.1. The van der Waals surface area contributed by atoms with Crippen LogP contribution in [0.5, 0.6) is 0 Å². The number of halogens is 2. The highest BCUT2D eigenvalue weighted by Gasteiger charge is 2.30. The second kappa shape index (κ2) is 10.9. The zero-order valence-electron chi connectivity index (χ0n) is 20.9. The van der Waals surface area contributed by atoms with Crippen LogP contribution in [0.15, 0.2) is 60.7 Å². The van der Waals surface area contributed by atoms with E-state index >= 15 is 0 Å². The largest absolute Gasteiger partial charge is 0.371 e. The third kappa shape index (κ3) is 5.90. The summed E-state index contributed by atoms with van der Waals surface area (Å²) in [4.78, 5) is 22.2. The number of hydrogen-bond donors (Lipinski definition) is 0. The van der Waals surface area contributed by atoms with Crippen molar-refractivity contribution in [2.45, 2.75) is 26.4 Å². The quantitative estimate of drug-likeness (QED) is 0.547. The standard InChI is InChI=1S/C27H35ClFN5O/c1-20(29)15-21(2)33-13-14-34(22(3)17-33)27(35)26-16-23(18-30(26)4)19-31-9-11-32(12-10-31)25-8-6-5-7-24(25)28/h5-8,15-16,18,22H,1,9-14,17,19H2,2-4H3/b21-15+/t22-/m0/s1. The van der Waals surface area contributed by atoms with Crippen molar-refractivity contribution >= 4 is 23.2 Å². The van der Waals surface area contributed by atoms with Gasteiger partial charge in [0.15, 0.2) is 0 Å². The van der Waals surface area contributed by atoms with Crippen molar-refractivity contribution < 1.29 is 9.18 Å². The second-order valence-corrected chi connectivity index (χ2v) is 9.99. The molecule has 0 spiro atoms. The van der Waals surface area contributed by atoms with Gasteiger partial charge in [-0.3, -0.25) is 9.69 Å². The minimum atomic E-state index is -0.449. The fourth-order valence-electron chi connectivity index (χ4n) is 5.09. The van der Waals surface area contributed by atoms with Crippen molar-refractivity contribution in [2.24, 2.45) is 7.05 Å². The van der Waals surface area contributed by atoms with Gasteiger partial charge in [0, 0.05) is 77.3 Å². The Hall–Kier alpha value is -2.77. The van der Waals surface area contributed by atoms with Gasteiger partial charge in [-0.25, -0.2) is 4.39 Å². The highest BCUT2D eigenvalue weighted by molar-refractivity contribution is 6.33. The third-order valence-electron chi connectivity index (χ3n) is 7.00. The van der Waals surface area contributed by atoms with Crippen molar-refractivity contribution in [1.82, 2.24) is 19.3 Å². The Bertz CT molecular complexity index is 1100. The van der Waals surface area contributed by atoms with Crippen LogP contribution < -0.4 is 4.90 Å². The Balaban J connectivity index is 1.34. The molecule has 8 heteroatoms. The number of carbonyl (C=O) groups is 1. The molecule has 6 nitrogen and oxygen atoms in total. The zero-order valence-corrected chi connectivity index (χ0v) is 21.6. The number of allylic oxidation sites excluding steroid dienone is 3. The number of benzene rings is 1. The first kappa shape index (κ1) is 25.3. The number of rotatable bonds is 6. The van der Waals surface area contributed by atoms with Gasteiger partial charge in [0.05, 0.1) is 10.7 Å². The fourth-order valence-corrected chi connectivity index (χ4v) is 5.35. The van der Waals surface area contributed by atoms with Crippen LogP contribution in [0, 0.1) is 0 Å². The van der Waals surface area contributed by atoms with Gasteiger partial charge >= 0.3 is 0 Å². The summed E-state index contributed by atoms with van der Waals surface area (Å²) in [5.41, 5.74) is 3.79. The van der Waals surface area contributed by atoms with Gasteiger partial charge in [-0.2, -0.15) is 0 Å². The lowest BCUT2D eigenvalue weighted by Crippen LogP contribution is -2.53. The number of anilines is 1. The van der Waals surface area contributed by atoms with Crippen LogP contribution in [-0.4, -0.2) is 77.0 Å². The zero-order chi connectivity index (χ0) is 25.1. The minimum Gasteiger partial charge on any atom is -0.371 e. The molecular formula is C27H35ClFN5O. The van der Waals surface area contributed by atoms with Gasteiger partial charge < -0.3 is 19.3 Å². The molecule has 2 aromatic rings. The van der Waals surface area contributed by atoms with Crippen LogP contribution in [0.2, 0.25) is 5.02 Å². The lowest BCUT2D eigenvalue weighted by Gasteiger charge is -2.41. The average Bonchev–Trinajstić information content (AvgIpc) is 3.19. The van der Waals surface area contributed by atoms with E-state index in [1.807, 2.05) is 54.6 Å². The second-order valence-electron chi connectivity index (χ2n) is 9.59. The van der Waals surface area contributed by atoms with Crippen molar-refractivity contribution in [3.8, 4) is 0 Å². The van der Waals surface area contributed by atoms with Gasteiger partial charge in [-0.1, -0.05) is 30.3 Å². The normalized spacial score (nSPS) is 19.9. The lowest BCUT2D eigenvalue weighted by atomic mass is 10.1. The summed E-state index contributed by atoms with van der Waals surface area (Å²) >= 11 is 6.37. The smallest absolute Gasteiger partial charge is 0.270 e. The molecule has 2 fully saturated rings. The molecule has 0 N–H and O–H groups in total. The van der Waals surface area contributed by atoms with Gasteiger partial charge in [-0.05, 0) is 43.7 Å². The maximum atomic E-state index is 13.4. The van der Waals surface area contributed by atoms with Crippen LogP contribution >= 0.6 is 11.6 Å². The van der Waals surface area contributed by atoms with Gasteiger partial charge in [0.2, 0.25) is 0 Å². The summed E-state index contributed by atoms with van der Waals surface area (Å²) in [6, 6.07) is 10.0. The van der Waals surface area contributed by atoms with E-state index in [9.17, 15) is 9.18 Å². The fraction of sp³-hybridized carbons (Fsp3) is 0.444. The van der Waals surface area contributed by atoms with Crippen LogP contribution in [0.4, 0.5) is 10.1 Å². The first-order valence-electron chi connectivity index (χ1n) is 12.2. The molecule has 2 aliphatic rings. The maximum absolute atomic E-state index is 13.4. The summed E-state index contributed by atoms with van der Waals surface area (Å²) in [6.07, 6.45) is 3.51. The molecule has 1 atom stereocenters. The highest BCUT2D eigenvalue weighted by atomic mass is 35.5. The summed E-state index contributed by atoms with van der Waals surface area (Å²) in [5, 5.41) is 0.793. The van der Waals surface area contributed by atoms with Crippen molar-refractivity contribution in [2.75, 3.05) is 50.7 Å². The summed E-state index contributed by atoms with van der Waals surface area (Å²) in [5.74, 6) is -0.402.